The highest BCUT2D eigenvalue weighted by Gasteiger charge is 2.29. The lowest BCUT2D eigenvalue weighted by atomic mass is 9.96. The first-order chi connectivity index (χ1) is 14.7. The largest absolute Gasteiger partial charge is 0.336 e. The molecular formula is C24H24ClN3OS. The summed E-state index contributed by atoms with van der Waals surface area (Å²) in [7, 11) is 0. The van der Waals surface area contributed by atoms with Gasteiger partial charge in [0.2, 0.25) is 0 Å². The van der Waals surface area contributed by atoms with Gasteiger partial charge in [0.1, 0.15) is 5.03 Å². The van der Waals surface area contributed by atoms with Gasteiger partial charge in [0.15, 0.2) is 0 Å². The highest BCUT2D eigenvalue weighted by atomic mass is 35.5. The molecule has 6 heteroatoms. The Balaban J connectivity index is 1.53. The van der Waals surface area contributed by atoms with E-state index in [-0.39, 0.29) is 11.9 Å². The molecule has 154 valence electrons. The Morgan fingerprint density at radius 1 is 0.933 bits per heavy atom. The molecule has 1 aliphatic rings. The monoisotopic (exact) mass is 437 g/mol. The van der Waals surface area contributed by atoms with Crippen LogP contribution >= 0.6 is 23.4 Å². The molecule has 30 heavy (non-hydrogen) atoms. The number of piperazine rings is 1. The van der Waals surface area contributed by atoms with Gasteiger partial charge in [0, 0.05) is 37.4 Å². The van der Waals surface area contributed by atoms with E-state index in [0.717, 1.165) is 23.1 Å². The predicted molar refractivity (Wildman–Crippen MR) is 123 cm³/mol. The van der Waals surface area contributed by atoms with E-state index in [4.69, 9.17) is 11.6 Å². The number of aromatic nitrogens is 1. The molecule has 2 heterocycles. The van der Waals surface area contributed by atoms with Crippen LogP contribution in [0.5, 0.6) is 0 Å². The minimum atomic E-state index is 0.0647. The SMILES string of the molecule is CSc1ncccc1C(=O)N1CCN(C(c2ccccc2)c2ccc(Cl)cc2)CC1. The molecule has 1 amide bonds. The Kier molecular flexibility index (Phi) is 6.72. The van der Waals surface area contributed by atoms with Crippen molar-refractivity contribution in [3.63, 3.8) is 0 Å². The molecule has 3 aromatic rings. The maximum atomic E-state index is 13.1. The van der Waals surface area contributed by atoms with Crippen LogP contribution in [0.3, 0.4) is 0 Å². The number of benzene rings is 2. The molecule has 0 radical (unpaired) electrons. The van der Waals surface area contributed by atoms with E-state index in [9.17, 15) is 4.79 Å². The van der Waals surface area contributed by atoms with Crippen LogP contribution in [-0.4, -0.2) is 53.1 Å². The summed E-state index contributed by atoms with van der Waals surface area (Å²) < 4.78 is 0. The first-order valence-corrected chi connectivity index (χ1v) is 11.6. The molecule has 0 N–H and O–H groups in total. The van der Waals surface area contributed by atoms with Gasteiger partial charge >= 0.3 is 0 Å². The smallest absolute Gasteiger partial charge is 0.256 e. The molecule has 4 rings (SSSR count). The van der Waals surface area contributed by atoms with Crippen molar-refractivity contribution in [1.82, 2.24) is 14.8 Å². The molecule has 4 nitrogen and oxygen atoms in total. The fourth-order valence-electron chi connectivity index (χ4n) is 3.96. The van der Waals surface area contributed by atoms with Gasteiger partial charge in [-0.15, -0.1) is 11.8 Å². The van der Waals surface area contributed by atoms with E-state index < -0.39 is 0 Å². The lowest BCUT2D eigenvalue weighted by Crippen LogP contribution is -2.50. The molecule has 1 saturated heterocycles. The Labute approximate surface area is 186 Å². The summed E-state index contributed by atoms with van der Waals surface area (Å²) in [5, 5.41) is 1.52. The minimum Gasteiger partial charge on any atom is -0.336 e. The lowest BCUT2D eigenvalue weighted by molar-refractivity contribution is 0.0593. The summed E-state index contributed by atoms with van der Waals surface area (Å²) >= 11 is 7.63. The molecule has 1 fully saturated rings. The lowest BCUT2D eigenvalue weighted by Gasteiger charge is -2.40. The van der Waals surface area contributed by atoms with Crippen molar-refractivity contribution in [2.24, 2.45) is 0 Å². The Morgan fingerprint density at radius 3 is 2.27 bits per heavy atom. The summed E-state index contributed by atoms with van der Waals surface area (Å²) in [4.78, 5) is 21.8. The van der Waals surface area contributed by atoms with Crippen LogP contribution in [0.2, 0.25) is 5.02 Å². The quantitative estimate of drug-likeness (QED) is 0.526. The Hall–Kier alpha value is -2.34. The number of carbonyl (C=O) groups excluding carboxylic acids is 1. The molecule has 1 aliphatic heterocycles. The normalized spacial score (nSPS) is 15.7. The van der Waals surface area contributed by atoms with E-state index in [1.807, 2.05) is 41.5 Å². The van der Waals surface area contributed by atoms with Crippen molar-refractivity contribution in [3.8, 4) is 0 Å². The molecule has 0 aliphatic carbocycles. The summed E-state index contributed by atoms with van der Waals surface area (Å²) in [6, 6.07) is 22.4. The highest BCUT2D eigenvalue weighted by molar-refractivity contribution is 7.98. The van der Waals surface area contributed by atoms with Gasteiger partial charge in [-0.05, 0) is 41.6 Å². The third-order valence-electron chi connectivity index (χ3n) is 5.46. The molecule has 1 atom stereocenters. The summed E-state index contributed by atoms with van der Waals surface area (Å²) in [5.74, 6) is 0.0647. The molecular weight excluding hydrogens is 414 g/mol. The van der Waals surface area contributed by atoms with Gasteiger partial charge in [-0.25, -0.2) is 4.98 Å². The van der Waals surface area contributed by atoms with Crippen LogP contribution in [0.15, 0.2) is 78.0 Å². The second kappa shape index (κ2) is 9.65. The number of halogens is 1. The van der Waals surface area contributed by atoms with Gasteiger partial charge in [0.05, 0.1) is 11.6 Å². The van der Waals surface area contributed by atoms with Gasteiger partial charge in [-0.3, -0.25) is 9.69 Å². The number of amides is 1. The number of nitrogens with zero attached hydrogens (tertiary/aromatic N) is 3. The average Bonchev–Trinajstić information content (AvgIpc) is 2.81. The summed E-state index contributed by atoms with van der Waals surface area (Å²) in [5.41, 5.74) is 3.15. The van der Waals surface area contributed by atoms with Crippen molar-refractivity contribution >= 4 is 29.3 Å². The molecule has 2 aromatic carbocycles. The summed E-state index contributed by atoms with van der Waals surface area (Å²) in [6.07, 6.45) is 3.69. The van der Waals surface area contributed by atoms with Crippen LogP contribution in [0.4, 0.5) is 0 Å². The van der Waals surface area contributed by atoms with Crippen molar-refractivity contribution < 1.29 is 4.79 Å². The molecule has 0 spiro atoms. The van der Waals surface area contributed by atoms with Gasteiger partial charge in [-0.1, -0.05) is 54.1 Å². The van der Waals surface area contributed by atoms with E-state index in [2.05, 4.69) is 46.3 Å². The van der Waals surface area contributed by atoms with Crippen LogP contribution in [0, 0.1) is 0 Å². The minimum absolute atomic E-state index is 0.0647. The van der Waals surface area contributed by atoms with Crippen LogP contribution in [0.1, 0.15) is 27.5 Å². The van der Waals surface area contributed by atoms with Crippen molar-refractivity contribution in [2.75, 3.05) is 32.4 Å². The third-order valence-corrected chi connectivity index (χ3v) is 6.43. The average molecular weight is 438 g/mol. The maximum Gasteiger partial charge on any atom is 0.256 e. The number of pyridine rings is 1. The predicted octanol–water partition coefficient (Wildman–Crippen LogP) is 5.00. The first-order valence-electron chi connectivity index (χ1n) is 10.00. The van der Waals surface area contributed by atoms with Crippen molar-refractivity contribution in [1.29, 1.82) is 0 Å². The van der Waals surface area contributed by atoms with Crippen molar-refractivity contribution in [3.05, 3.63) is 94.6 Å². The van der Waals surface area contributed by atoms with Gasteiger partial charge in [-0.2, -0.15) is 0 Å². The molecule has 1 aromatic heterocycles. The zero-order valence-corrected chi connectivity index (χ0v) is 18.4. The topological polar surface area (TPSA) is 36.4 Å². The van der Waals surface area contributed by atoms with Gasteiger partial charge < -0.3 is 4.90 Å². The van der Waals surface area contributed by atoms with Crippen LogP contribution < -0.4 is 0 Å². The van der Waals surface area contributed by atoms with E-state index >= 15 is 0 Å². The first kappa shape index (κ1) is 20.9. The summed E-state index contributed by atoms with van der Waals surface area (Å²) in [6.45, 7) is 3.00. The number of hydrogen-bond acceptors (Lipinski definition) is 4. The second-order valence-corrected chi connectivity index (χ2v) is 8.48. The second-order valence-electron chi connectivity index (χ2n) is 7.25. The third kappa shape index (κ3) is 4.53. The highest BCUT2D eigenvalue weighted by Crippen LogP contribution is 2.31. The number of carbonyl (C=O) groups is 1. The Bertz CT molecular complexity index is 989. The number of thioether (sulfide) groups is 1. The van der Waals surface area contributed by atoms with Crippen LogP contribution in [0.25, 0.3) is 0 Å². The van der Waals surface area contributed by atoms with E-state index in [0.29, 0.717) is 18.7 Å². The number of rotatable bonds is 5. The van der Waals surface area contributed by atoms with E-state index in [1.165, 1.54) is 22.9 Å². The molecule has 0 bridgehead atoms. The number of hydrogen-bond donors (Lipinski definition) is 0. The fraction of sp³-hybridized carbons (Fsp3) is 0.250. The van der Waals surface area contributed by atoms with Gasteiger partial charge in [0.25, 0.3) is 5.91 Å². The standard InChI is InChI=1S/C24H24ClN3OS/c1-30-23-21(8-5-13-26-23)24(29)28-16-14-27(15-17-28)22(18-6-3-2-4-7-18)19-9-11-20(25)12-10-19/h2-13,22H,14-17H2,1H3. The van der Waals surface area contributed by atoms with E-state index in [1.54, 1.807) is 6.20 Å². The zero-order chi connectivity index (χ0) is 20.9. The fourth-order valence-corrected chi connectivity index (χ4v) is 4.63. The molecule has 1 unspecified atom stereocenters. The molecule has 0 saturated carbocycles. The maximum absolute atomic E-state index is 13.1. The Morgan fingerprint density at radius 2 is 1.60 bits per heavy atom. The van der Waals surface area contributed by atoms with Crippen LogP contribution in [-0.2, 0) is 0 Å². The zero-order valence-electron chi connectivity index (χ0n) is 16.9. The van der Waals surface area contributed by atoms with Crippen molar-refractivity contribution in [2.45, 2.75) is 11.1 Å².